The van der Waals surface area contributed by atoms with Crippen molar-refractivity contribution < 1.29 is 14.6 Å². The van der Waals surface area contributed by atoms with Crippen LogP contribution in [0.1, 0.15) is 0 Å². The molecule has 0 aromatic heterocycles. The second-order valence-corrected chi connectivity index (χ2v) is 1.71. The zero-order valence-electron chi connectivity index (χ0n) is 5.62. The Bertz CT molecular complexity index is 124. The van der Waals surface area contributed by atoms with Gasteiger partial charge in [-0.15, -0.1) is 0 Å². The number of hydrogen-bond donors (Lipinski definition) is 2. The smallest absolute Gasteiger partial charge is 0.325 e. The highest BCUT2D eigenvalue weighted by molar-refractivity contribution is 5.75. The maximum atomic E-state index is 10.6. The normalized spacial score (nSPS) is 12.2. The van der Waals surface area contributed by atoms with Crippen LogP contribution < -0.4 is 5.73 Å². The van der Waals surface area contributed by atoms with Crippen LogP contribution in [0, 0.1) is 0 Å². The number of nitrogens with two attached hydrogens (primary N) is 1. The SMILES string of the molecule is C=CCOC(=O)[C@H](N)CO. The molecule has 4 nitrogen and oxygen atoms in total. The average Bonchev–Trinajstić information content (AvgIpc) is 1.98. The first-order valence-electron chi connectivity index (χ1n) is 2.86. The lowest BCUT2D eigenvalue weighted by atomic mass is 10.3. The molecule has 58 valence electrons. The predicted octanol–water partition coefficient (Wildman–Crippen LogP) is -0.965. The molecule has 10 heavy (non-hydrogen) atoms. The van der Waals surface area contributed by atoms with Crippen molar-refractivity contribution in [3.63, 3.8) is 0 Å². The van der Waals surface area contributed by atoms with E-state index < -0.39 is 18.6 Å². The molecule has 0 aliphatic carbocycles. The van der Waals surface area contributed by atoms with Gasteiger partial charge < -0.3 is 15.6 Å². The molecular formula is C6H11NO3. The number of carbonyl (C=O) groups excluding carboxylic acids is 1. The maximum Gasteiger partial charge on any atom is 0.325 e. The summed E-state index contributed by atoms with van der Waals surface area (Å²) in [6.45, 7) is 3.08. The molecule has 0 spiro atoms. The molecule has 0 rings (SSSR count). The van der Waals surface area contributed by atoms with Crippen LogP contribution in [0.25, 0.3) is 0 Å². The lowest BCUT2D eigenvalue weighted by Gasteiger charge is -2.05. The first kappa shape index (κ1) is 9.13. The summed E-state index contributed by atoms with van der Waals surface area (Å²) >= 11 is 0. The molecule has 0 saturated carbocycles. The first-order chi connectivity index (χ1) is 4.72. The molecule has 0 bridgehead atoms. The van der Waals surface area contributed by atoms with Gasteiger partial charge in [0.2, 0.25) is 0 Å². The Morgan fingerprint density at radius 1 is 1.90 bits per heavy atom. The fraction of sp³-hybridized carbons (Fsp3) is 0.500. The van der Waals surface area contributed by atoms with E-state index in [2.05, 4.69) is 11.3 Å². The van der Waals surface area contributed by atoms with Gasteiger partial charge >= 0.3 is 5.97 Å². The van der Waals surface area contributed by atoms with Crippen molar-refractivity contribution in [1.29, 1.82) is 0 Å². The molecule has 0 radical (unpaired) electrons. The van der Waals surface area contributed by atoms with Crippen molar-refractivity contribution in [2.45, 2.75) is 6.04 Å². The zero-order valence-corrected chi connectivity index (χ0v) is 5.62. The maximum absolute atomic E-state index is 10.6. The topological polar surface area (TPSA) is 72.5 Å². The van der Waals surface area contributed by atoms with Gasteiger partial charge in [-0.05, 0) is 0 Å². The monoisotopic (exact) mass is 145 g/mol. The number of hydrogen-bond acceptors (Lipinski definition) is 4. The van der Waals surface area contributed by atoms with E-state index in [1.54, 1.807) is 0 Å². The van der Waals surface area contributed by atoms with Crippen LogP contribution >= 0.6 is 0 Å². The number of aliphatic hydroxyl groups is 1. The van der Waals surface area contributed by atoms with Crippen molar-refractivity contribution >= 4 is 5.97 Å². The quantitative estimate of drug-likeness (QED) is 0.394. The summed E-state index contributed by atoms with van der Waals surface area (Å²) in [5.41, 5.74) is 5.10. The van der Waals surface area contributed by atoms with Crippen molar-refractivity contribution in [1.82, 2.24) is 0 Å². The summed E-state index contributed by atoms with van der Waals surface area (Å²) in [5, 5.41) is 8.35. The van der Waals surface area contributed by atoms with E-state index in [4.69, 9.17) is 10.8 Å². The van der Waals surface area contributed by atoms with Crippen molar-refractivity contribution in [3.05, 3.63) is 12.7 Å². The molecule has 0 saturated heterocycles. The third kappa shape index (κ3) is 3.21. The molecule has 1 atom stereocenters. The second-order valence-electron chi connectivity index (χ2n) is 1.71. The molecule has 4 heteroatoms. The zero-order chi connectivity index (χ0) is 7.98. The van der Waals surface area contributed by atoms with E-state index in [0.29, 0.717) is 0 Å². The van der Waals surface area contributed by atoms with Crippen LogP contribution in [0.2, 0.25) is 0 Å². The Morgan fingerprint density at radius 2 is 2.50 bits per heavy atom. The minimum absolute atomic E-state index is 0.131. The fourth-order valence-electron chi connectivity index (χ4n) is 0.323. The van der Waals surface area contributed by atoms with Gasteiger partial charge in [0.1, 0.15) is 12.6 Å². The second kappa shape index (κ2) is 4.96. The lowest BCUT2D eigenvalue weighted by Crippen LogP contribution is -2.35. The standard InChI is InChI=1S/C6H11NO3/c1-2-3-10-6(9)5(7)4-8/h2,5,8H,1,3-4,7H2/t5-/m1/s1. The summed E-state index contributed by atoms with van der Waals surface area (Å²) in [6, 6.07) is -0.931. The highest BCUT2D eigenvalue weighted by Crippen LogP contribution is 1.83. The van der Waals surface area contributed by atoms with Crippen LogP contribution in [-0.2, 0) is 9.53 Å². The van der Waals surface area contributed by atoms with Gasteiger partial charge in [-0.25, -0.2) is 0 Å². The third-order valence-electron chi connectivity index (χ3n) is 0.843. The number of esters is 1. The number of rotatable bonds is 4. The molecule has 0 aromatic carbocycles. The Kier molecular flexibility index (Phi) is 4.53. The Balaban J connectivity index is 3.51. The number of aliphatic hydroxyl groups excluding tert-OH is 1. The summed E-state index contributed by atoms with van der Waals surface area (Å²) in [5.74, 6) is -0.609. The molecule has 0 amide bonds. The van der Waals surface area contributed by atoms with Crippen LogP contribution in [0.4, 0.5) is 0 Å². The van der Waals surface area contributed by atoms with Crippen molar-refractivity contribution in [2.24, 2.45) is 5.73 Å². The molecular weight excluding hydrogens is 134 g/mol. The average molecular weight is 145 g/mol. The van der Waals surface area contributed by atoms with Crippen LogP contribution in [0.5, 0.6) is 0 Å². The van der Waals surface area contributed by atoms with Crippen molar-refractivity contribution in [3.8, 4) is 0 Å². The van der Waals surface area contributed by atoms with Gasteiger partial charge in [0.25, 0.3) is 0 Å². The van der Waals surface area contributed by atoms with Crippen LogP contribution in [0.3, 0.4) is 0 Å². The number of carbonyl (C=O) groups is 1. The Hall–Kier alpha value is -0.870. The summed E-state index contributed by atoms with van der Waals surface area (Å²) in [6.07, 6.45) is 1.43. The minimum Gasteiger partial charge on any atom is -0.460 e. The molecule has 0 aliphatic heterocycles. The molecule has 0 aromatic rings. The predicted molar refractivity (Wildman–Crippen MR) is 36.2 cm³/mol. The third-order valence-corrected chi connectivity index (χ3v) is 0.843. The van der Waals surface area contributed by atoms with E-state index in [0.717, 1.165) is 0 Å². The van der Waals surface area contributed by atoms with Gasteiger partial charge in [-0.1, -0.05) is 12.7 Å². The van der Waals surface area contributed by atoms with Gasteiger partial charge in [-0.2, -0.15) is 0 Å². The summed E-state index contributed by atoms with van der Waals surface area (Å²) in [7, 11) is 0. The van der Waals surface area contributed by atoms with E-state index in [-0.39, 0.29) is 6.61 Å². The van der Waals surface area contributed by atoms with Gasteiger partial charge in [-0.3, -0.25) is 4.79 Å². The highest BCUT2D eigenvalue weighted by atomic mass is 16.5. The van der Waals surface area contributed by atoms with Gasteiger partial charge in [0, 0.05) is 0 Å². The van der Waals surface area contributed by atoms with E-state index in [1.165, 1.54) is 6.08 Å². The minimum atomic E-state index is -0.931. The Labute approximate surface area is 59.3 Å². The van der Waals surface area contributed by atoms with E-state index >= 15 is 0 Å². The fourth-order valence-corrected chi connectivity index (χ4v) is 0.323. The Morgan fingerprint density at radius 3 is 2.90 bits per heavy atom. The van der Waals surface area contributed by atoms with Crippen molar-refractivity contribution in [2.75, 3.05) is 13.2 Å². The largest absolute Gasteiger partial charge is 0.460 e. The van der Waals surface area contributed by atoms with E-state index in [9.17, 15) is 4.79 Å². The molecule has 0 unspecified atom stereocenters. The van der Waals surface area contributed by atoms with Gasteiger partial charge in [0.05, 0.1) is 6.61 Å². The lowest BCUT2D eigenvalue weighted by molar-refractivity contribution is -0.144. The van der Waals surface area contributed by atoms with Gasteiger partial charge in [0.15, 0.2) is 0 Å². The summed E-state index contributed by atoms with van der Waals surface area (Å²) < 4.78 is 4.50. The van der Waals surface area contributed by atoms with Crippen LogP contribution in [-0.4, -0.2) is 30.3 Å². The highest BCUT2D eigenvalue weighted by Gasteiger charge is 2.11. The first-order valence-corrected chi connectivity index (χ1v) is 2.86. The molecule has 3 N–H and O–H groups in total. The summed E-state index contributed by atoms with van der Waals surface area (Å²) in [4.78, 5) is 10.6. The van der Waals surface area contributed by atoms with E-state index in [1.807, 2.05) is 0 Å². The molecule has 0 aliphatic rings. The molecule has 0 heterocycles. The number of ether oxygens (including phenoxy) is 1. The van der Waals surface area contributed by atoms with Crippen LogP contribution in [0.15, 0.2) is 12.7 Å². The molecule has 0 fully saturated rings.